The zero-order chi connectivity index (χ0) is 19.1. The molecule has 1 aliphatic carbocycles. The lowest BCUT2D eigenvalue weighted by atomic mass is 9.86. The van der Waals surface area contributed by atoms with Crippen LogP contribution >= 0.6 is 0 Å². The number of carbonyl (C=O) groups excluding carboxylic acids is 1. The highest BCUT2D eigenvalue weighted by molar-refractivity contribution is 5.76. The van der Waals surface area contributed by atoms with E-state index >= 15 is 0 Å². The van der Waals surface area contributed by atoms with E-state index in [-0.39, 0.29) is 5.91 Å². The molecule has 0 radical (unpaired) electrons. The number of hydrogen-bond donors (Lipinski definition) is 0. The second-order valence-corrected chi connectivity index (χ2v) is 7.68. The van der Waals surface area contributed by atoms with Gasteiger partial charge in [-0.3, -0.25) is 9.78 Å². The third-order valence-corrected chi connectivity index (χ3v) is 5.52. The van der Waals surface area contributed by atoms with Crippen LogP contribution in [-0.2, 0) is 24.2 Å². The number of nitrogens with zero attached hydrogens (tertiary/aromatic N) is 4. The molecule has 0 N–H and O–H groups in total. The van der Waals surface area contributed by atoms with Gasteiger partial charge in [-0.1, -0.05) is 32.1 Å². The second-order valence-electron chi connectivity index (χ2n) is 7.68. The Kier molecular flexibility index (Phi) is 6.96. The highest BCUT2D eigenvalue weighted by atomic mass is 16.4. The Morgan fingerprint density at radius 1 is 1.19 bits per heavy atom. The van der Waals surface area contributed by atoms with Crippen molar-refractivity contribution < 1.29 is 9.21 Å². The molecular weight excluding hydrogens is 340 g/mol. The van der Waals surface area contributed by atoms with Gasteiger partial charge in [-0.05, 0) is 36.5 Å². The highest BCUT2D eigenvalue weighted by Crippen LogP contribution is 2.27. The minimum Gasteiger partial charge on any atom is -0.425 e. The van der Waals surface area contributed by atoms with E-state index in [1.54, 1.807) is 11.1 Å². The Hall–Kier alpha value is -2.24. The molecule has 0 bridgehead atoms. The van der Waals surface area contributed by atoms with Crippen LogP contribution in [0.5, 0.6) is 0 Å². The van der Waals surface area contributed by atoms with E-state index < -0.39 is 0 Å². The third kappa shape index (κ3) is 5.88. The normalized spacial score (nSPS) is 15.0. The molecule has 2 heterocycles. The fourth-order valence-corrected chi connectivity index (χ4v) is 3.72. The molecule has 0 unspecified atom stereocenters. The predicted molar refractivity (Wildman–Crippen MR) is 103 cm³/mol. The minimum absolute atomic E-state index is 0.0770. The maximum Gasteiger partial charge on any atom is 0.223 e. The first-order chi connectivity index (χ1) is 13.1. The summed E-state index contributed by atoms with van der Waals surface area (Å²) in [5.41, 5.74) is 2.21. The fourth-order valence-electron chi connectivity index (χ4n) is 3.72. The first-order valence-electron chi connectivity index (χ1n) is 10.1. The van der Waals surface area contributed by atoms with Crippen LogP contribution in [0.15, 0.2) is 22.9 Å². The van der Waals surface area contributed by atoms with Crippen molar-refractivity contribution >= 4 is 5.91 Å². The molecule has 3 rings (SSSR count). The summed E-state index contributed by atoms with van der Waals surface area (Å²) < 4.78 is 5.74. The van der Waals surface area contributed by atoms with Crippen LogP contribution in [0.2, 0.25) is 0 Å². The standard InChI is InChI=1S/C21H30N4O2/c1-16-14-22-13-12-18(16)15-25(2)21(26)11-10-20-24-23-19(27-20)9-8-17-6-4-3-5-7-17/h12-14,17H,3-11,15H2,1-2H3. The van der Waals surface area contributed by atoms with Crippen LogP contribution in [0.4, 0.5) is 0 Å². The summed E-state index contributed by atoms with van der Waals surface area (Å²) in [6.45, 7) is 2.59. The van der Waals surface area contributed by atoms with Gasteiger partial charge in [-0.15, -0.1) is 10.2 Å². The molecule has 0 aromatic carbocycles. The molecule has 146 valence electrons. The molecule has 0 saturated heterocycles. The SMILES string of the molecule is Cc1cnccc1CN(C)C(=O)CCc1nnc(CCC2CCCCC2)o1. The van der Waals surface area contributed by atoms with Gasteiger partial charge in [0.2, 0.25) is 17.7 Å². The smallest absolute Gasteiger partial charge is 0.223 e. The highest BCUT2D eigenvalue weighted by Gasteiger charge is 2.16. The number of carbonyl (C=O) groups is 1. The third-order valence-electron chi connectivity index (χ3n) is 5.52. The summed E-state index contributed by atoms with van der Waals surface area (Å²) in [5, 5.41) is 8.27. The molecule has 0 aliphatic heterocycles. The molecule has 1 amide bonds. The molecular formula is C21H30N4O2. The Labute approximate surface area is 161 Å². The monoisotopic (exact) mass is 370 g/mol. The maximum atomic E-state index is 12.4. The maximum absolute atomic E-state index is 12.4. The van der Waals surface area contributed by atoms with Crippen molar-refractivity contribution in [2.75, 3.05) is 7.05 Å². The van der Waals surface area contributed by atoms with E-state index in [0.29, 0.717) is 31.2 Å². The molecule has 0 atom stereocenters. The van der Waals surface area contributed by atoms with Gasteiger partial charge in [0.1, 0.15) is 0 Å². The van der Waals surface area contributed by atoms with Crippen LogP contribution in [0, 0.1) is 12.8 Å². The molecule has 6 nitrogen and oxygen atoms in total. The van der Waals surface area contributed by atoms with Crippen LogP contribution in [0.3, 0.4) is 0 Å². The molecule has 2 aromatic rings. The van der Waals surface area contributed by atoms with E-state index in [1.165, 1.54) is 32.1 Å². The van der Waals surface area contributed by atoms with E-state index in [0.717, 1.165) is 29.9 Å². The Morgan fingerprint density at radius 2 is 1.93 bits per heavy atom. The van der Waals surface area contributed by atoms with Gasteiger partial charge < -0.3 is 9.32 Å². The summed E-state index contributed by atoms with van der Waals surface area (Å²) >= 11 is 0. The van der Waals surface area contributed by atoms with Crippen LogP contribution in [-0.4, -0.2) is 33.0 Å². The lowest BCUT2D eigenvalue weighted by Crippen LogP contribution is -2.26. The van der Waals surface area contributed by atoms with Crippen molar-refractivity contribution in [3.05, 3.63) is 41.4 Å². The average Bonchev–Trinajstić information content (AvgIpc) is 3.15. The van der Waals surface area contributed by atoms with Gasteiger partial charge in [-0.25, -0.2) is 0 Å². The summed E-state index contributed by atoms with van der Waals surface area (Å²) in [7, 11) is 1.83. The molecule has 27 heavy (non-hydrogen) atoms. The zero-order valence-corrected chi connectivity index (χ0v) is 16.5. The molecule has 2 aromatic heterocycles. The molecule has 1 saturated carbocycles. The van der Waals surface area contributed by atoms with Crippen molar-refractivity contribution in [1.29, 1.82) is 0 Å². The van der Waals surface area contributed by atoms with Crippen LogP contribution in [0.25, 0.3) is 0 Å². The Morgan fingerprint density at radius 3 is 2.67 bits per heavy atom. The van der Waals surface area contributed by atoms with E-state index in [9.17, 15) is 4.79 Å². The van der Waals surface area contributed by atoms with Crippen molar-refractivity contribution in [2.24, 2.45) is 5.92 Å². The Bertz CT molecular complexity index is 737. The number of aromatic nitrogens is 3. The van der Waals surface area contributed by atoms with Gasteiger partial charge in [0.05, 0.1) is 0 Å². The number of rotatable bonds is 8. The summed E-state index contributed by atoms with van der Waals surface area (Å²) in [4.78, 5) is 18.2. The summed E-state index contributed by atoms with van der Waals surface area (Å²) in [5.74, 6) is 2.16. The minimum atomic E-state index is 0.0770. The van der Waals surface area contributed by atoms with Gasteiger partial charge in [0, 0.05) is 45.2 Å². The van der Waals surface area contributed by atoms with E-state index in [1.807, 2.05) is 26.2 Å². The predicted octanol–water partition coefficient (Wildman–Crippen LogP) is 3.88. The fraction of sp³-hybridized carbons (Fsp3) is 0.619. The van der Waals surface area contributed by atoms with Crippen LogP contribution in [0.1, 0.15) is 67.9 Å². The average molecular weight is 370 g/mol. The number of hydrogen-bond acceptors (Lipinski definition) is 5. The summed E-state index contributed by atoms with van der Waals surface area (Å²) in [6.07, 6.45) is 13.2. The molecule has 0 spiro atoms. The van der Waals surface area contributed by atoms with Gasteiger partial charge >= 0.3 is 0 Å². The number of amides is 1. The van der Waals surface area contributed by atoms with E-state index in [2.05, 4.69) is 15.2 Å². The van der Waals surface area contributed by atoms with Gasteiger partial charge in [0.15, 0.2) is 0 Å². The zero-order valence-electron chi connectivity index (χ0n) is 16.5. The number of pyridine rings is 1. The molecule has 1 fully saturated rings. The Balaban J connectivity index is 1.42. The van der Waals surface area contributed by atoms with Crippen molar-refractivity contribution in [3.63, 3.8) is 0 Å². The summed E-state index contributed by atoms with van der Waals surface area (Å²) in [6, 6.07) is 1.95. The number of aryl methyl sites for hydroxylation is 3. The van der Waals surface area contributed by atoms with E-state index in [4.69, 9.17) is 4.42 Å². The van der Waals surface area contributed by atoms with Crippen molar-refractivity contribution in [3.8, 4) is 0 Å². The van der Waals surface area contributed by atoms with Gasteiger partial charge in [0.25, 0.3) is 0 Å². The quantitative estimate of drug-likeness (QED) is 0.705. The first kappa shape index (κ1) is 19.5. The lowest BCUT2D eigenvalue weighted by molar-refractivity contribution is -0.130. The van der Waals surface area contributed by atoms with Crippen LogP contribution < -0.4 is 0 Å². The first-order valence-corrected chi connectivity index (χ1v) is 10.1. The lowest BCUT2D eigenvalue weighted by Gasteiger charge is -2.20. The topological polar surface area (TPSA) is 72.1 Å². The second kappa shape index (κ2) is 9.62. The molecule has 1 aliphatic rings. The van der Waals surface area contributed by atoms with Crippen molar-refractivity contribution in [2.45, 2.75) is 71.3 Å². The van der Waals surface area contributed by atoms with Crippen molar-refractivity contribution in [1.82, 2.24) is 20.1 Å². The largest absolute Gasteiger partial charge is 0.425 e. The molecule has 6 heteroatoms. The van der Waals surface area contributed by atoms with Gasteiger partial charge in [-0.2, -0.15) is 0 Å².